The van der Waals surface area contributed by atoms with Gasteiger partial charge in [0.2, 0.25) is 5.91 Å². The third-order valence-electron chi connectivity index (χ3n) is 3.65. The second-order valence-corrected chi connectivity index (χ2v) is 5.51. The van der Waals surface area contributed by atoms with E-state index < -0.39 is 5.60 Å². The quantitative estimate of drug-likeness (QED) is 0.654. The maximum atomic E-state index is 12.0. The molecule has 106 valence electrons. The molecular formula is C12H21N5O2. The van der Waals surface area contributed by atoms with E-state index >= 15 is 0 Å². The number of rotatable bonds is 7. The predicted molar refractivity (Wildman–Crippen MR) is 68.1 cm³/mol. The molecule has 2 rings (SSSR count). The lowest BCUT2D eigenvalue weighted by atomic mass is 9.95. The third-order valence-corrected chi connectivity index (χ3v) is 3.65. The van der Waals surface area contributed by atoms with Crippen LogP contribution in [0.25, 0.3) is 0 Å². The van der Waals surface area contributed by atoms with Gasteiger partial charge >= 0.3 is 0 Å². The number of tetrazole rings is 1. The number of H-pyrrole nitrogens is 1. The van der Waals surface area contributed by atoms with Gasteiger partial charge in [-0.3, -0.25) is 4.79 Å². The third kappa shape index (κ3) is 3.99. The summed E-state index contributed by atoms with van der Waals surface area (Å²) in [6.07, 6.45) is 3.51. The fourth-order valence-corrected chi connectivity index (χ4v) is 2.24. The van der Waals surface area contributed by atoms with Gasteiger partial charge < -0.3 is 10.4 Å². The monoisotopic (exact) mass is 267 g/mol. The minimum Gasteiger partial charge on any atom is -0.389 e. The highest BCUT2D eigenvalue weighted by Gasteiger charge is 2.41. The van der Waals surface area contributed by atoms with Crippen LogP contribution >= 0.6 is 0 Å². The SMILES string of the molecule is CCC(Cc1nn[nH]n1)NC(=O)CC(C)(O)C1CC1. The molecule has 1 aromatic heterocycles. The van der Waals surface area contributed by atoms with Crippen molar-refractivity contribution in [1.82, 2.24) is 25.9 Å². The summed E-state index contributed by atoms with van der Waals surface area (Å²) in [4.78, 5) is 12.0. The van der Waals surface area contributed by atoms with Gasteiger partial charge in [0.1, 0.15) is 0 Å². The normalized spacial score (nSPS) is 19.7. The van der Waals surface area contributed by atoms with Crippen LogP contribution in [0.3, 0.4) is 0 Å². The maximum absolute atomic E-state index is 12.0. The molecule has 1 heterocycles. The molecule has 2 atom stereocenters. The second-order valence-electron chi connectivity index (χ2n) is 5.51. The van der Waals surface area contributed by atoms with Crippen LogP contribution in [-0.4, -0.2) is 43.3 Å². The summed E-state index contributed by atoms with van der Waals surface area (Å²) in [6, 6.07) is -0.0277. The molecule has 7 nitrogen and oxygen atoms in total. The Morgan fingerprint density at radius 1 is 1.63 bits per heavy atom. The highest BCUT2D eigenvalue weighted by Crippen LogP contribution is 2.41. The average Bonchev–Trinajstić information content (AvgIpc) is 3.09. The summed E-state index contributed by atoms with van der Waals surface area (Å²) in [5.41, 5.74) is -0.880. The van der Waals surface area contributed by atoms with Crippen molar-refractivity contribution >= 4 is 5.91 Å². The zero-order valence-electron chi connectivity index (χ0n) is 11.4. The van der Waals surface area contributed by atoms with Crippen molar-refractivity contribution < 1.29 is 9.90 Å². The molecule has 7 heteroatoms. The van der Waals surface area contributed by atoms with Gasteiger partial charge in [-0.1, -0.05) is 12.1 Å². The van der Waals surface area contributed by atoms with Crippen molar-refractivity contribution in [3.05, 3.63) is 5.82 Å². The zero-order valence-corrected chi connectivity index (χ0v) is 11.4. The van der Waals surface area contributed by atoms with E-state index in [1.807, 2.05) is 6.92 Å². The number of aromatic amines is 1. The summed E-state index contributed by atoms with van der Waals surface area (Å²) in [5, 5.41) is 26.7. The summed E-state index contributed by atoms with van der Waals surface area (Å²) in [6.45, 7) is 3.73. The molecule has 0 radical (unpaired) electrons. The van der Waals surface area contributed by atoms with E-state index in [0.717, 1.165) is 19.3 Å². The Morgan fingerprint density at radius 3 is 2.89 bits per heavy atom. The maximum Gasteiger partial charge on any atom is 0.223 e. The second kappa shape index (κ2) is 5.64. The molecule has 1 aliphatic rings. The number of hydrogen-bond donors (Lipinski definition) is 3. The zero-order chi connectivity index (χ0) is 13.9. The largest absolute Gasteiger partial charge is 0.389 e. The van der Waals surface area contributed by atoms with Gasteiger partial charge in [-0.15, -0.1) is 10.2 Å². The average molecular weight is 267 g/mol. The molecule has 0 bridgehead atoms. The Labute approximate surface area is 112 Å². The highest BCUT2D eigenvalue weighted by atomic mass is 16.3. The lowest BCUT2D eigenvalue weighted by molar-refractivity contribution is -0.127. The topological polar surface area (TPSA) is 104 Å². The van der Waals surface area contributed by atoms with Crippen molar-refractivity contribution in [2.75, 3.05) is 0 Å². The first-order valence-electron chi connectivity index (χ1n) is 6.75. The Kier molecular flexibility index (Phi) is 4.14. The van der Waals surface area contributed by atoms with Crippen molar-refractivity contribution in [3.8, 4) is 0 Å². The molecule has 2 unspecified atom stereocenters. The summed E-state index contributed by atoms with van der Waals surface area (Å²) in [7, 11) is 0. The minimum atomic E-state index is -0.880. The van der Waals surface area contributed by atoms with E-state index in [9.17, 15) is 9.90 Å². The van der Waals surface area contributed by atoms with Crippen molar-refractivity contribution in [3.63, 3.8) is 0 Å². The first-order chi connectivity index (χ1) is 9.01. The van der Waals surface area contributed by atoms with Gasteiger partial charge in [-0.2, -0.15) is 5.21 Å². The molecule has 0 saturated heterocycles. The van der Waals surface area contributed by atoms with Gasteiger partial charge in [0.05, 0.1) is 12.0 Å². The molecule has 19 heavy (non-hydrogen) atoms. The Bertz CT molecular complexity index is 414. The highest BCUT2D eigenvalue weighted by molar-refractivity contribution is 5.77. The summed E-state index contributed by atoms with van der Waals surface area (Å²) < 4.78 is 0. The fraction of sp³-hybridized carbons (Fsp3) is 0.833. The summed E-state index contributed by atoms with van der Waals surface area (Å²) in [5.74, 6) is 0.740. The van der Waals surface area contributed by atoms with Crippen LogP contribution in [0.2, 0.25) is 0 Å². The van der Waals surface area contributed by atoms with Gasteiger partial charge in [0.15, 0.2) is 5.82 Å². The van der Waals surface area contributed by atoms with Crippen LogP contribution < -0.4 is 5.32 Å². The van der Waals surface area contributed by atoms with Crippen LogP contribution in [0.1, 0.15) is 45.4 Å². The molecule has 0 spiro atoms. The van der Waals surface area contributed by atoms with E-state index in [-0.39, 0.29) is 24.3 Å². The van der Waals surface area contributed by atoms with Gasteiger partial charge in [-0.05, 0) is 32.1 Å². The molecule has 1 aliphatic carbocycles. The van der Waals surface area contributed by atoms with Crippen LogP contribution in [0, 0.1) is 5.92 Å². The van der Waals surface area contributed by atoms with Crippen LogP contribution in [0.5, 0.6) is 0 Å². The summed E-state index contributed by atoms with van der Waals surface area (Å²) >= 11 is 0. The number of hydrogen-bond acceptors (Lipinski definition) is 5. The minimum absolute atomic E-state index is 0.0277. The number of carbonyl (C=O) groups excluding carboxylic acids is 1. The fourth-order valence-electron chi connectivity index (χ4n) is 2.24. The number of nitrogens with one attached hydrogen (secondary N) is 2. The van der Waals surface area contributed by atoms with Crippen molar-refractivity contribution in [2.45, 2.75) is 57.6 Å². The van der Waals surface area contributed by atoms with Crippen molar-refractivity contribution in [1.29, 1.82) is 0 Å². The number of nitrogens with zero attached hydrogens (tertiary/aromatic N) is 3. The van der Waals surface area contributed by atoms with Crippen LogP contribution in [0.15, 0.2) is 0 Å². The number of amides is 1. The first-order valence-corrected chi connectivity index (χ1v) is 6.75. The lowest BCUT2D eigenvalue weighted by Gasteiger charge is -2.24. The number of aromatic nitrogens is 4. The number of aliphatic hydroxyl groups is 1. The van der Waals surface area contributed by atoms with Crippen LogP contribution in [-0.2, 0) is 11.2 Å². The molecule has 3 N–H and O–H groups in total. The van der Waals surface area contributed by atoms with E-state index in [0.29, 0.717) is 12.2 Å². The van der Waals surface area contributed by atoms with Crippen LogP contribution in [0.4, 0.5) is 0 Å². The predicted octanol–water partition coefficient (Wildman–Crippen LogP) is 0.188. The molecule has 0 aromatic carbocycles. The molecule has 1 fully saturated rings. The van der Waals surface area contributed by atoms with Gasteiger partial charge in [0.25, 0.3) is 0 Å². The van der Waals surface area contributed by atoms with Crippen molar-refractivity contribution in [2.24, 2.45) is 5.92 Å². The molecule has 1 amide bonds. The Balaban J connectivity index is 1.82. The van der Waals surface area contributed by atoms with E-state index in [2.05, 4.69) is 25.9 Å². The lowest BCUT2D eigenvalue weighted by Crippen LogP contribution is -2.41. The van der Waals surface area contributed by atoms with Gasteiger partial charge in [-0.25, -0.2) is 0 Å². The Hall–Kier alpha value is -1.50. The molecule has 1 saturated carbocycles. The number of carbonyl (C=O) groups is 1. The van der Waals surface area contributed by atoms with Gasteiger partial charge in [0, 0.05) is 12.5 Å². The molecular weight excluding hydrogens is 246 g/mol. The standard InChI is InChI=1S/C12H21N5O2/c1-3-9(6-10-14-16-17-15-10)13-11(18)7-12(2,19)8-4-5-8/h8-9,19H,3-7H2,1-2H3,(H,13,18)(H,14,15,16,17). The molecule has 0 aliphatic heterocycles. The molecule has 1 aromatic rings. The van der Waals surface area contributed by atoms with E-state index in [1.165, 1.54) is 0 Å². The Morgan fingerprint density at radius 2 is 2.37 bits per heavy atom. The van der Waals surface area contributed by atoms with E-state index in [1.54, 1.807) is 6.92 Å². The smallest absolute Gasteiger partial charge is 0.223 e. The first kappa shape index (κ1) is 13.9. The van der Waals surface area contributed by atoms with E-state index in [4.69, 9.17) is 0 Å².